The maximum atomic E-state index is 13.4. The van der Waals surface area contributed by atoms with Gasteiger partial charge in [0, 0.05) is 23.5 Å². The second kappa shape index (κ2) is 5.97. The summed E-state index contributed by atoms with van der Waals surface area (Å²) in [5.41, 5.74) is -1.36. The van der Waals surface area contributed by atoms with E-state index in [1.807, 2.05) is 5.10 Å². The largest absolute Gasteiger partial charge is 0.433 e. The first-order valence-corrected chi connectivity index (χ1v) is 8.42. The molecule has 0 aliphatic rings. The van der Waals surface area contributed by atoms with E-state index in [1.165, 1.54) is 48.8 Å². The second-order valence-electron chi connectivity index (χ2n) is 5.10. The van der Waals surface area contributed by atoms with Crippen molar-refractivity contribution in [2.75, 3.05) is 0 Å². The molecular weight excluding hydrogens is 357 g/mol. The first-order valence-electron chi connectivity index (χ1n) is 6.88. The van der Waals surface area contributed by atoms with Crippen LogP contribution in [0.15, 0.2) is 53.7 Å². The number of aromatic amines is 1. The van der Waals surface area contributed by atoms with Gasteiger partial charge in [-0.2, -0.15) is 18.3 Å². The lowest BCUT2D eigenvalue weighted by Crippen LogP contribution is -2.13. The number of halogens is 3. The molecule has 3 aromatic rings. The molecule has 10 heteroatoms. The van der Waals surface area contributed by atoms with Gasteiger partial charge in [-0.25, -0.2) is 13.6 Å². The summed E-state index contributed by atoms with van der Waals surface area (Å²) in [6.07, 6.45) is -2.05. The van der Waals surface area contributed by atoms with Crippen LogP contribution in [0.3, 0.4) is 0 Å². The summed E-state index contributed by atoms with van der Waals surface area (Å²) in [4.78, 5) is 3.46. The molecule has 0 fully saturated rings. The van der Waals surface area contributed by atoms with Gasteiger partial charge in [-0.1, -0.05) is 18.2 Å². The number of nitrogens with one attached hydrogen (secondary N) is 1. The van der Waals surface area contributed by atoms with Crippen molar-refractivity contribution >= 4 is 10.0 Å². The molecule has 3 rings (SSSR count). The number of pyridine rings is 1. The third kappa shape index (κ3) is 3.26. The van der Waals surface area contributed by atoms with Gasteiger partial charge < -0.3 is 0 Å². The summed E-state index contributed by atoms with van der Waals surface area (Å²) in [6.45, 7) is 0. The normalized spacial score (nSPS) is 12.3. The van der Waals surface area contributed by atoms with Crippen molar-refractivity contribution in [3.05, 3.63) is 54.5 Å². The predicted molar refractivity (Wildman–Crippen MR) is 83.6 cm³/mol. The molecule has 0 amide bonds. The molecule has 6 nitrogen and oxygen atoms in total. The fourth-order valence-corrected chi connectivity index (χ4v) is 3.19. The maximum absolute atomic E-state index is 13.4. The van der Waals surface area contributed by atoms with Crippen LogP contribution >= 0.6 is 0 Å². The first-order chi connectivity index (χ1) is 11.7. The quantitative estimate of drug-likeness (QED) is 0.742. The minimum absolute atomic E-state index is 0.0245. The lowest BCUT2D eigenvalue weighted by molar-refractivity contribution is -0.140. The van der Waals surface area contributed by atoms with Crippen LogP contribution in [-0.4, -0.2) is 23.6 Å². The highest BCUT2D eigenvalue weighted by molar-refractivity contribution is 7.89. The lowest BCUT2D eigenvalue weighted by Gasteiger charge is -2.10. The van der Waals surface area contributed by atoms with Crippen LogP contribution in [0.1, 0.15) is 5.69 Å². The molecule has 0 bridgehead atoms. The van der Waals surface area contributed by atoms with Crippen molar-refractivity contribution in [1.29, 1.82) is 0 Å². The number of primary sulfonamides is 1. The van der Waals surface area contributed by atoms with E-state index >= 15 is 0 Å². The number of rotatable bonds is 3. The standard InChI is InChI=1S/C15H11F3N4O2S/c16-15(17,18)14-12(9-5-7-20-8-6-9)13(21-22-14)10-3-1-2-4-11(10)25(19,23)24/h1-8H,(H,21,22)(H2,19,23,24). The van der Waals surface area contributed by atoms with Crippen LogP contribution in [0.25, 0.3) is 22.4 Å². The first kappa shape index (κ1) is 17.1. The van der Waals surface area contributed by atoms with E-state index in [9.17, 15) is 21.6 Å². The monoisotopic (exact) mass is 368 g/mol. The van der Waals surface area contributed by atoms with Crippen molar-refractivity contribution in [3.8, 4) is 22.4 Å². The van der Waals surface area contributed by atoms with Gasteiger partial charge in [-0.3, -0.25) is 10.1 Å². The molecule has 0 atom stereocenters. The Labute approximate surface area is 140 Å². The molecule has 0 unspecified atom stereocenters. The Morgan fingerprint density at radius 3 is 2.28 bits per heavy atom. The van der Waals surface area contributed by atoms with Crippen molar-refractivity contribution < 1.29 is 21.6 Å². The zero-order chi connectivity index (χ0) is 18.2. The summed E-state index contributed by atoms with van der Waals surface area (Å²) in [5, 5.41) is 10.9. The molecule has 0 aliphatic carbocycles. The van der Waals surface area contributed by atoms with E-state index in [0.717, 1.165) is 0 Å². The Hall–Kier alpha value is -2.72. The minimum atomic E-state index is -4.71. The van der Waals surface area contributed by atoms with Crippen LogP contribution in [0.5, 0.6) is 0 Å². The molecule has 0 radical (unpaired) electrons. The molecule has 130 valence electrons. The Morgan fingerprint density at radius 1 is 1.04 bits per heavy atom. The molecule has 1 aromatic carbocycles. The van der Waals surface area contributed by atoms with Crippen molar-refractivity contribution in [3.63, 3.8) is 0 Å². The van der Waals surface area contributed by atoms with Gasteiger partial charge in [0.15, 0.2) is 0 Å². The molecule has 0 saturated heterocycles. The summed E-state index contributed by atoms with van der Waals surface area (Å²) in [7, 11) is -4.15. The number of hydrogen-bond donors (Lipinski definition) is 2. The summed E-state index contributed by atoms with van der Waals surface area (Å²) in [5.74, 6) is 0. The number of nitrogens with zero attached hydrogens (tertiary/aromatic N) is 2. The van der Waals surface area contributed by atoms with Crippen LogP contribution < -0.4 is 5.14 Å². The average Bonchev–Trinajstić information content (AvgIpc) is 3.00. The molecule has 2 aromatic heterocycles. The van der Waals surface area contributed by atoms with Gasteiger partial charge in [0.2, 0.25) is 10.0 Å². The number of H-pyrrole nitrogens is 1. The average molecular weight is 368 g/mol. The molecular formula is C15H11F3N4O2S. The highest BCUT2D eigenvalue weighted by atomic mass is 32.2. The van der Waals surface area contributed by atoms with Crippen molar-refractivity contribution in [1.82, 2.24) is 15.2 Å². The maximum Gasteiger partial charge on any atom is 0.433 e. The summed E-state index contributed by atoms with van der Waals surface area (Å²) < 4.78 is 63.7. The molecule has 2 heterocycles. The smallest absolute Gasteiger partial charge is 0.272 e. The fraction of sp³-hybridized carbons (Fsp3) is 0.0667. The highest BCUT2D eigenvalue weighted by Gasteiger charge is 2.38. The molecule has 0 saturated carbocycles. The SMILES string of the molecule is NS(=O)(=O)c1ccccc1-c1n[nH]c(C(F)(F)F)c1-c1ccncc1. The molecule has 3 N–H and O–H groups in total. The molecule has 0 aliphatic heterocycles. The van der Waals surface area contributed by atoms with Crippen LogP contribution in [-0.2, 0) is 16.2 Å². The van der Waals surface area contributed by atoms with E-state index in [4.69, 9.17) is 5.14 Å². The molecule has 25 heavy (non-hydrogen) atoms. The summed E-state index contributed by atoms with van der Waals surface area (Å²) >= 11 is 0. The van der Waals surface area contributed by atoms with E-state index in [2.05, 4.69) is 10.1 Å². The van der Waals surface area contributed by atoms with E-state index in [1.54, 1.807) is 0 Å². The fourth-order valence-electron chi connectivity index (χ4n) is 2.45. The number of sulfonamides is 1. The van der Waals surface area contributed by atoms with Gasteiger partial charge >= 0.3 is 6.18 Å². The van der Waals surface area contributed by atoms with Crippen LogP contribution in [0.2, 0.25) is 0 Å². The van der Waals surface area contributed by atoms with Gasteiger partial charge in [-0.15, -0.1) is 0 Å². The third-order valence-electron chi connectivity index (χ3n) is 3.47. The second-order valence-corrected chi connectivity index (χ2v) is 6.63. The lowest BCUT2D eigenvalue weighted by atomic mass is 9.99. The van der Waals surface area contributed by atoms with Crippen molar-refractivity contribution in [2.45, 2.75) is 11.1 Å². The topological polar surface area (TPSA) is 102 Å². The van der Waals surface area contributed by atoms with E-state index in [-0.39, 0.29) is 27.3 Å². The third-order valence-corrected chi connectivity index (χ3v) is 4.44. The highest BCUT2D eigenvalue weighted by Crippen LogP contribution is 2.42. The number of hydrogen-bond acceptors (Lipinski definition) is 4. The summed E-state index contributed by atoms with van der Waals surface area (Å²) in [6, 6.07) is 8.23. The Balaban J connectivity index is 2.36. The van der Waals surface area contributed by atoms with Gasteiger partial charge in [0.25, 0.3) is 0 Å². The minimum Gasteiger partial charge on any atom is -0.272 e. The van der Waals surface area contributed by atoms with Crippen LogP contribution in [0, 0.1) is 0 Å². The zero-order valence-corrected chi connectivity index (χ0v) is 13.3. The predicted octanol–water partition coefficient (Wildman–Crippen LogP) is 2.80. The Kier molecular flexibility index (Phi) is 4.09. The van der Waals surface area contributed by atoms with E-state index < -0.39 is 21.9 Å². The number of nitrogens with two attached hydrogens (primary N) is 1. The Morgan fingerprint density at radius 2 is 1.68 bits per heavy atom. The molecule has 0 spiro atoms. The number of alkyl halides is 3. The zero-order valence-electron chi connectivity index (χ0n) is 12.4. The van der Waals surface area contributed by atoms with Gasteiger partial charge in [0.05, 0.1) is 4.90 Å². The van der Waals surface area contributed by atoms with Crippen molar-refractivity contribution in [2.24, 2.45) is 5.14 Å². The Bertz CT molecular complexity index is 1010. The van der Waals surface area contributed by atoms with Gasteiger partial charge in [-0.05, 0) is 23.8 Å². The van der Waals surface area contributed by atoms with Gasteiger partial charge in [0.1, 0.15) is 11.4 Å². The number of benzene rings is 1. The van der Waals surface area contributed by atoms with Crippen LogP contribution in [0.4, 0.5) is 13.2 Å². The number of aromatic nitrogens is 3. The van der Waals surface area contributed by atoms with E-state index in [0.29, 0.717) is 0 Å².